The first-order chi connectivity index (χ1) is 18.6. The zero-order chi connectivity index (χ0) is 28.7. The van der Waals surface area contributed by atoms with Gasteiger partial charge in [-0.3, -0.25) is 19.2 Å². The zero-order valence-electron chi connectivity index (χ0n) is 22.6. The number of ketones is 1. The molecule has 0 saturated heterocycles. The number of ether oxygens (including phenoxy) is 1. The lowest BCUT2D eigenvalue weighted by molar-refractivity contribution is -0.141. The quantitative estimate of drug-likeness (QED) is 0.221. The number of benzene rings is 1. The van der Waals surface area contributed by atoms with E-state index in [9.17, 15) is 19.2 Å². The molecule has 0 radical (unpaired) electrons. The summed E-state index contributed by atoms with van der Waals surface area (Å²) in [7, 11) is 1.59. The van der Waals surface area contributed by atoms with Crippen LogP contribution in [0, 0.1) is 18.8 Å². The second-order valence-electron chi connectivity index (χ2n) is 9.40. The van der Waals surface area contributed by atoms with Gasteiger partial charge in [-0.2, -0.15) is 0 Å². The van der Waals surface area contributed by atoms with Crippen LogP contribution in [0.25, 0.3) is 10.8 Å². The van der Waals surface area contributed by atoms with Crippen LogP contribution in [0.1, 0.15) is 48.7 Å². The molecule has 2 amide bonds. The third kappa shape index (κ3) is 6.91. The summed E-state index contributed by atoms with van der Waals surface area (Å²) in [6, 6.07) is 6.49. The summed E-state index contributed by atoms with van der Waals surface area (Å²) >= 11 is 1.25. The van der Waals surface area contributed by atoms with Gasteiger partial charge in [-0.15, -0.1) is 11.3 Å². The maximum absolute atomic E-state index is 13.8. The van der Waals surface area contributed by atoms with E-state index in [-0.39, 0.29) is 12.2 Å². The van der Waals surface area contributed by atoms with E-state index < -0.39 is 29.8 Å². The first-order valence-electron chi connectivity index (χ1n) is 12.5. The van der Waals surface area contributed by atoms with Crippen LogP contribution in [-0.4, -0.2) is 53.9 Å². The summed E-state index contributed by atoms with van der Waals surface area (Å²) in [5.41, 5.74) is 1.93. The van der Waals surface area contributed by atoms with Crippen molar-refractivity contribution in [1.82, 2.24) is 10.3 Å². The predicted octanol–water partition coefficient (Wildman–Crippen LogP) is 4.36. The largest absolute Gasteiger partial charge is 0.496 e. The Morgan fingerprint density at radius 1 is 1.21 bits per heavy atom. The minimum absolute atomic E-state index is 0.197. The normalized spacial score (nSPS) is 13.3. The van der Waals surface area contributed by atoms with Crippen molar-refractivity contribution < 1.29 is 33.4 Å². The molecule has 3 rings (SSSR count). The molecule has 2 N–H and O–H groups in total. The summed E-state index contributed by atoms with van der Waals surface area (Å²) < 4.78 is 10.9. The van der Waals surface area contributed by atoms with E-state index in [1.54, 1.807) is 27.9 Å². The predicted molar refractivity (Wildman–Crippen MR) is 147 cm³/mol. The minimum atomic E-state index is -1.14. The number of oxazole rings is 1. The lowest BCUT2D eigenvalue weighted by Crippen LogP contribution is -2.41. The van der Waals surface area contributed by atoms with E-state index in [2.05, 4.69) is 10.3 Å². The second-order valence-corrected chi connectivity index (χ2v) is 10.4. The summed E-state index contributed by atoms with van der Waals surface area (Å²) in [5.74, 6) is -1.95. The van der Waals surface area contributed by atoms with Gasteiger partial charge in [0.05, 0.1) is 23.7 Å². The van der Waals surface area contributed by atoms with Crippen LogP contribution in [-0.2, 0) is 20.8 Å². The van der Waals surface area contributed by atoms with Crippen LogP contribution < -0.4 is 15.0 Å². The molecule has 39 heavy (non-hydrogen) atoms. The molecule has 0 aliphatic heterocycles. The first kappa shape index (κ1) is 29.6. The van der Waals surface area contributed by atoms with Crippen LogP contribution >= 0.6 is 11.3 Å². The van der Waals surface area contributed by atoms with Crippen LogP contribution in [0.2, 0.25) is 0 Å². The Kier molecular flexibility index (Phi) is 10.00. The molecule has 11 heteroatoms. The van der Waals surface area contributed by atoms with Gasteiger partial charge in [0.25, 0.3) is 0 Å². The summed E-state index contributed by atoms with van der Waals surface area (Å²) in [5, 5.41) is 12.0. The first-order valence-corrected chi connectivity index (χ1v) is 13.3. The van der Waals surface area contributed by atoms with Gasteiger partial charge in [-0.25, -0.2) is 4.98 Å². The Morgan fingerprint density at radius 3 is 2.54 bits per heavy atom. The molecule has 3 atom stereocenters. The van der Waals surface area contributed by atoms with E-state index in [0.29, 0.717) is 52.0 Å². The van der Waals surface area contributed by atoms with E-state index >= 15 is 0 Å². The van der Waals surface area contributed by atoms with E-state index in [1.165, 1.54) is 35.6 Å². The molecule has 3 aromatic rings. The van der Waals surface area contributed by atoms with Gasteiger partial charge >= 0.3 is 5.97 Å². The fourth-order valence-electron chi connectivity index (χ4n) is 4.29. The maximum atomic E-state index is 13.8. The highest BCUT2D eigenvalue weighted by Gasteiger charge is 2.31. The Morgan fingerprint density at radius 2 is 1.92 bits per heavy atom. The number of carboxylic acids is 1. The molecule has 0 bridgehead atoms. The van der Waals surface area contributed by atoms with Crippen LogP contribution in [0.3, 0.4) is 0 Å². The number of nitrogens with zero attached hydrogens (tertiary/aromatic N) is 2. The highest BCUT2D eigenvalue weighted by molar-refractivity contribution is 7.20. The number of hydrogen-bond acceptors (Lipinski definition) is 8. The average molecular weight is 556 g/mol. The zero-order valence-corrected chi connectivity index (χ0v) is 23.4. The lowest BCUT2D eigenvalue weighted by atomic mass is 9.89. The van der Waals surface area contributed by atoms with Crippen molar-refractivity contribution in [2.45, 2.75) is 46.6 Å². The molecular weight excluding hydrogens is 522 g/mol. The second kappa shape index (κ2) is 13.2. The van der Waals surface area contributed by atoms with Crippen molar-refractivity contribution in [2.24, 2.45) is 11.8 Å². The molecule has 3 unspecified atom stereocenters. The molecule has 0 aliphatic rings. The number of carboxylic acid groups (broad SMARTS) is 1. The van der Waals surface area contributed by atoms with E-state index in [0.717, 1.165) is 5.56 Å². The van der Waals surface area contributed by atoms with Crippen molar-refractivity contribution in [2.75, 3.05) is 18.6 Å². The Labute approximate surface area is 231 Å². The third-order valence-electron chi connectivity index (χ3n) is 6.54. The molecule has 0 aliphatic carbocycles. The fourth-order valence-corrected chi connectivity index (χ4v) is 5.53. The molecule has 0 fully saturated rings. The number of methoxy groups -OCH3 is 1. The van der Waals surface area contributed by atoms with Crippen molar-refractivity contribution in [3.05, 3.63) is 53.4 Å². The van der Waals surface area contributed by atoms with Gasteiger partial charge in [-0.05, 0) is 43.9 Å². The number of para-hydroxylation sites is 1. The van der Waals surface area contributed by atoms with Crippen molar-refractivity contribution in [3.63, 3.8) is 0 Å². The van der Waals surface area contributed by atoms with Crippen LogP contribution in [0.4, 0.5) is 5.00 Å². The number of Topliss-reactive ketones (excluding diaryl/α,β-unsaturated/α-hetero) is 1. The monoisotopic (exact) mass is 555 g/mol. The number of hydrogen-bond donors (Lipinski definition) is 2. The third-order valence-corrected chi connectivity index (χ3v) is 7.85. The van der Waals surface area contributed by atoms with Gasteiger partial charge < -0.3 is 24.5 Å². The molecule has 208 valence electrons. The van der Waals surface area contributed by atoms with Gasteiger partial charge in [-0.1, -0.05) is 32.0 Å². The Bertz CT molecular complexity index is 1320. The average Bonchev–Trinajstić information content (AvgIpc) is 3.56. The summed E-state index contributed by atoms with van der Waals surface area (Å²) in [4.78, 5) is 56.1. The number of carbonyl (C=O) groups is 4. The van der Waals surface area contributed by atoms with Crippen molar-refractivity contribution in [1.29, 1.82) is 0 Å². The summed E-state index contributed by atoms with van der Waals surface area (Å²) in [6.07, 6.45) is 4.34. The van der Waals surface area contributed by atoms with Crippen LogP contribution in [0.5, 0.6) is 5.75 Å². The van der Waals surface area contributed by atoms with Gasteiger partial charge in [0.15, 0.2) is 5.78 Å². The highest BCUT2D eigenvalue weighted by atomic mass is 32.1. The van der Waals surface area contributed by atoms with Gasteiger partial charge in [0, 0.05) is 18.4 Å². The number of aromatic nitrogens is 1. The van der Waals surface area contributed by atoms with Gasteiger partial charge in [0.1, 0.15) is 23.1 Å². The molecule has 1 aromatic carbocycles. The Balaban J connectivity index is 1.90. The molecular formula is C28H33N3O7S. The number of aliphatic carboxylic acids is 1. The minimum Gasteiger partial charge on any atom is -0.496 e. The fraction of sp³-hybridized carbons (Fsp3) is 0.393. The molecule has 2 aromatic heterocycles. The SMILES string of the molecule is COc1ccccc1CCN(C=O)c1sc(-c2ncco2)c(C)c1C(=O)C(C)CC(C)C(=O)NC(C)C(=O)O. The molecule has 0 saturated carbocycles. The number of nitrogens with one attached hydrogen (secondary N) is 1. The van der Waals surface area contributed by atoms with Crippen molar-refractivity contribution in [3.8, 4) is 16.5 Å². The molecule has 10 nitrogen and oxygen atoms in total. The molecule has 2 heterocycles. The Hall–Kier alpha value is -3.99. The number of carbonyl (C=O) groups excluding carboxylic acids is 3. The topological polar surface area (TPSA) is 139 Å². The standard InChI is InChI=1S/C28H33N3O7S/c1-16(14-17(2)25(34)30-19(4)28(35)36)23(33)22-18(3)24(26-29-11-13-38-26)39-27(22)31(15-32)12-10-20-8-6-7-9-21(20)37-5/h6-9,11,13,15-17,19H,10,12,14H2,1-5H3,(H,30,34)(H,35,36). The number of anilines is 1. The van der Waals surface area contributed by atoms with E-state index in [4.69, 9.17) is 14.3 Å². The number of rotatable bonds is 14. The smallest absolute Gasteiger partial charge is 0.325 e. The number of amides is 2. The highest BCUT2D eigenvalue weighted by Crippen LogP contribution is 2.42. The van der Waals surface area contributed by atoms with Gasteiger partial charge in [0.2, 0.25) is 18.2 Å². The lowest BCUT2D eigenvalue weighted by Gasteiger charge is -2.21. The summed E-state index contributed by atoms with van der Waals surface area (Å²) in [6.45, 7) is 6.84. The van der Waals surface area contributed by atoms with Crippen molar-refractivity contribution >= 4 is 40.4 Å². The maximum Gasteiger partial charge on any atom is 0.325 e. The van der Waals surface area contributed by atoms with Crippen LogP contribution in [0.15, 0.2) is 41.1 Å². The molecule has 0 spiro atoms. The number of thiophene rings is 1. The van der Waals surface area contributed by atoms with E-state index in [1.807, 2.05) is 24.3 Å².